The Hall–Kier alpha value is -1.25. The van der Waals surface area contributed by atoms with Gasteiger partial charge in [-0.1, -0.05) is 0 Å². The van der Waals surface area contributed by atoms with Crippen molar-refractivity contribution < 1.29 is 9.21 Å². The number of nitrogens with one attached hydrogen (secondary N) is 1. The van der Waals surface area contributed by atoms with E-state index in [4.69, 9.17) is 4.42 Å². The second-order valence-electron chi connectivity index (χ2n) is 2.44. The predicted molar refractivity (Wildman–Crippen MR) is 40.9 cm³/mol. The summed E-state index contributed by atoms with van der Waals surface area (Å²) in [4.78, 5) is 10.6. The number of amides is 1. The van der Waals surface area contributed by atoms with Crippen molar-refractivity contribution in [1.82, 2.24) is 5.32 Å². The summed E-state index contributed by atoms with van der Waals surface area (Å²) in [6, 6.07) is 3.59. The first kappa shape index (κ1) is 7.85. The SMILES string of the molecule is CC(=O)N[C@H](C)c1ccco1. The lowest BCUT2D eigenvalue weighted by Crippen LogP contribution is -2.23. The topological polar surface area (TPSA) is 42.2 Å². The average Bonchev–Trinajstić information content (AvgIpc) is 2.35. The molecule has 1 heterocycles. The molecular formula is C8H11NO2. The molecule has 0 fully saturated rings. The molecule has 0 aromatic carbocycles. The Morgan fingerprint density at radius 3 is 2.91 bits per heavy atom. The second kappa shape index (κ2) is 3.23. The van der Waals surface area contributed by atoms with Gasteiger partial charge in [-0.05, 0) is 19.1 Å². The van der Waals surface area contributed by atoms with Crippen LogP contribution in [0.15, 0.2) is 22.8 Å². The van der Waals surface area contributed by atoms with Crippen LogP contribution < -0.4 is 5.32 Å². The maximum atomic E-state index is 10.6. The molecular weight excluding hydrogens is 142 g/mol. The zero-order chi connectivity index (χ0) is 8.27. The van der Waals surface area contributed by atoms with Crippen LogP contribution in [0, 0.1) is 0 Å². The Morgan fingerprint density at radius 1 is 1.73 bits per heavy atom. The van der Waals surface area contributed by atoms with Gasteiger partial charge in [-0.25, -0.2) is 0 Å². The lowest BCUT2D eigenvalue weighted by molar-refractivity contribution is -0.119. The van der Waals surface area contributed by atoms with Gasteiger partial charge in [0.15, 0.2) is 0 Å². The van der Waals surface area contributed by atoms with Crippen LogP contribution >= 0.6 is 0 Å². The summed E-state index contributed by atoms with van der Waals surface area (Å²) in [7, 11) is 0. The van der Waals surface area contributed by atoms with Gasteiger partial charge in [0.05, 0.1) is 12.3 Å². The van der Waals surface area contributed by atoms with Crippen LogP contribution in [0.5, 0.6) is 0 Å². The fourth-order valence-corrected chi connectivity index (χ4v) is 0.914. The molecule has 0 saturated carbocycles. The molecule has 11 heavy (non-hydrogen) atoms. The molecule has 0 aliphatic rings. The first-order valence-corrected chi connectivity index (χ1v) is 3.50. The van der Waals surface area contributed by atoms with Crippen molar-refractivity contribution in [3.63, 3.8) is 0 Å². The summed E-state index contributed by atoms with van der Waals surface area (Å²) in [5.74, 6) is 0.731. The molecule has 1 aromatic rings. The van der Waals surface area contributed by atoms with Crippen molar-refractivity contribution in [2.45, 2.75) is 19.9 Å². The summed E-state index contributed by atoms with van der Waals surface area (Å²) in [6.07, 6.45) is 1.59. The minimum absolute atomic E-state index is 0.0394. The maximum absolute atomic E-state index is 10.6. The largest absolute Gasteiger partial charge is 0.467 e. The van der Waals surface area contributed by atoms with E-state index in [1.54, 1.807) is 12.3 Å². The van der Waals surface area contributed by atoms with Gasteiger partial charge in [0, 0.05) is 6.92 Å². The van der Waals surface area contributed by atoms with E-state index in [9.17, 15) is 4.79 Å². The first-order valence-electron chi connectivity index (χ1n) is 3.50. The normalized spacial score (nSPS) is 12.5. The number of rotatable bonds is 2. The molecule has 3 nitrogen and oxygen atoms in total. The van der Waals surface area contributed by atoms with Crippen LogP contribution in [0.3, 0.4) is 0 Å². The number of carbonyl (C=O) groups excluding carboxylic acids is 1. The van der Waals surface area contributed by atoms with Gasteiger partial charge < -0.3 is 9.73 Å². The number of carbonyl (C=O) groups is 1. The molecule has 1 aromatic heterocycles. The molecule has 60 valence electrons. The van der Waals surface area contributed by atoms with Gasteiger partial charge in [0.25, 0.3) is 0 Å². The molecule has 0 radical (unpaired) electrons. The highest BCUT2D eigenvalue weighted by atomic mass is 16.3. The molecule has 1 N–H and O–H groups in total. The molecule has 3 heteroatoms. The Balaban J connectivity index is 2.56. The van der Waals surface area contributed by atoms with Gasteiger partial charge in [-0.15, -0.1) is 0 Å². The van der Waals surface area contributed by atoms with Gasteiger partial charge >= 0.3 is 0 Å². The van der Waals surface area contributed by atoms with Crippen molar-refractivity contribution in [2.75, 3.05) is 0 Å². The third-order valence-electron chi connectivity index (χ3n) is 1.39. The minimum Gasteiger partial charge on any atom is -0.467 e. The zero-order valence-corrected chi connectivity index (χ0v) is 6.63. The fourth-order valence-electron chi connectivity index (χ4n) is 0.914. The third-order valence-corrected chi connectivity index (χ3v) is 1.39. The molecule has 0 aliphatic carbocycles. The van der Waals surface area contributed by atoms with E-state index in [1.807, 2.05) is 13.0 Å². The Labute approximate surface area is 65.4 Å². The Morgan fingerprint density at radius 2 is 2.45 bits per heavy atom. The van der Waals surface area contributed by atoms with Gasteiger partial charge in [-0.3, -0.25) is 4.79 Å². The van der Waals surface area contributed by atoms with Crippen LogP contribution in [0.1, 0.15) is 25.6 Å². The van der Waals surface area contributed by atoms with E-state index >= 15 is 0 Å². The molecule has 0 aliphatic heterocycles. The predicted octanol–water partition coefficient (Wildman–Crippen LogP) is 1.48. The summed E-state index contributed by atoms with van der Waals surface area (Å²) in [5, 5.41) is 2.71. The molecule has 0 bridgehead atoms. The Kier molecular flexibility index (Phi) is 2.31. The van der Waals surface area contributed by atoms with Crippen molar-refractivity contribution >= 4 is 5.91 Å². The minimum atomic E-state index is -0.0473. The van der Waals surface area contributed by atoms with Crippen molar-refractivity contribution in [3.8, 4) is 0 Å². The van der Waals surface area contributed by atoms with Crippen LogP contribution in [-0.2, 0) is 4.79 Å². The molecule has 1 rings (SSSR count). The highest BCUT2D eigenvalue weighted by molar-refractivity contribution is 5.73. The number of furan rings is 1. The Bertz CT molecular complexity index is 228. The van der Waals surface area contributed by atoms with E-state index in [1.165, 1.54) is 6.92 Å². The summed E-state index contributed by atoms with van der Waals surface area (Å²) in [6.45, 7) is 3.36. The van der Waals surface area contributed by atoms with Gasteiger partial charge in [-0.2, -0.15) is 0 Å². The van der Waals surface area contributed by atoms with Gasteiger partial charge in [0.1, 0.15) is 5.76 Å². The van der Waals surface area contributed by atoms with Gasteiger partial charge in [0.2, 0.25) is 5.91 Å². The standard InChI is InChI=1S/C8H11NO2/c1-6(9-7(2)10)8-4-3-5-11-8/h3-6H,1-2H3,(H,9,10)/t6-/m1/s1. The van der Waals surface area contributed by atoms with E-state index in [2.05, 4.69) is 5.32 Å². The van der Waals surface area contributed by atoms with E-state index in [0.717, 1.165) is 5.76 Å². The number of hydrogen-bond acceptors (Lipinski definition) is 2. The lowest BCUT2D eigenvalue weighted by Gasteiger charge is -2.07. The van der Waals surface area contributed by atoms with Crippen molar-refractivity contribution in [3.05, 3.63) is 24.2 Å². The smallest absolute Gasteiger partial charge is 0.217 e. The molecule has 0 spiro atoms. The maximum Gasteiger partial charge on any atom is 0.217 e. The van der Waals surface area contributed by atoms with Crippen LogP contribution in [-0.4, -0.2) is 5.91 Å². The summed E-state index contributed by atoms with van der Waals surface area (Å²) in [5.41, 5.74) is 0. The molecule has 1 atom stereocenters. The lowest BCUT2D eigenvalue weighted by atomic mass is 10.2. The molecule has 1 amide bonds. The van der Waals surface area contributed by atoms with Crippen molar-refractivity contribution in [2.24, 2.45) is 0 Å². The second-order valence-corrected chi connectivity index (χ2v) is 2.44. The zero-order valence-electron chi connectivity index (χ0n) is 6.63. The highest BCUT2D eigenvalue weighted by Crippen LogP contribution is 2.11. The monoisotopic (exact) mass is 153 g/mol. The van der Waals surface area contributed by atoms with E-state index < -0.39 is 0 Å². The van der Waals surface area contributed by atoms with E-state index in [-0.39, 0.29) is 11.9 Å². The van der Waals surface area contributed by atoms with Crippen LogP contribution in [0.2, 0.25) is 0 Å². The first-order chi connectivity index (χ1) is 5.20. The van der Waals surface area contributed by atoms with Crippen molar-refractivity contribution in [1.29, 1.82) is 0 Å². The van der Waals surface area contributed by atoms with Crippen LogP contribution in [0.4, 0.5) is 0 Å². The third kappa shape index (κ3) is 2.11. The summed E-state index contributed by atoms with van der Waals surface area (Å²) >= 11 is 0. The quantitative estimate of drug-likeness (QED) is 0.699. The average molecular weight is 153 g/mol. The highest BCUT2D eigenvalue weighted by Gasteiger charge is 2.07. The van der Waals surface area contributed by atoms with E-state index in [0.29, 0.717) is 0 Å². The molecule has 0 saturated heterocycles. The number of hydrogen-bond donors (Lipinski definition) is 1. The van der Waals surface area contributed by atoms with Crippen LogP contribution in [0.25, 0.3) is 0 Å². The summed E-state index contributed by atoms with van der Waals surface area (Å²) < 4.78 is 5.08. The molecule has 0 unspecified atom stereocenters. The fraction of sp³-hybridized carbons (Fsp3) is 0.375.